The van der Waals surface area contributed by atoms with Crippen molar-refractivity contribution in [1.82, 2.24) is 10.3 Å². The number of carboxylic acid groups (broad SMARTS) is 1. The lowest BCUT2D eigenvalue weighted by atomic mass is 10.0. The number of carbonyl (C=O) groups is 2. The Morgan fingerprint density at radius 3 is 3.00 bits per heavy atom. The number of aliphatic carboxylic acids is 1. The molecule has 1 saturated heterocycles. The van der Waals surface area contributed by atoms with E-state index in [1.165, 1.54) is 22.9 Å². The molecule has 0 bridgehead atoms. The molecule has 0 saturated carbocycles. The molecule has 0 aromatic rings. The van der Waals surface area contributed by atoms with Gasteiger partial charge in [-0.05, 0) is 0 Å². The summed E-state index contributed by atoms with van der Waals surface area (Å²) in [5.41, 5.74) is 8.36. The van der Waals surface area contributed by atoms with Crippen LogP contribution in [-0.4, -0.2) is 51.6 Å². The van der Waals surface area contributed by atoms with Crippen molar-refractivity contribution >= 4 is 36.2 Å². The van der Waals surface area contributed by atoms with E-state index in [0.717, 1.165) is 6.34 Å². The Hall–Kier alpha value is -2.07. The summed E-state index contributed by atoms with van der Waals surface area (Å²) in [4.78, 5) is 24.1. The van der Waals surface area contributed by atoms with Crippen LogP contribution in [-0.2, 0) is 9.59 Å². The topological polar surface area (TPSA) is 146 Å². The van der Waals surface area contributed by atoms with E-state index in [1.807, 2.05) is 0 Å². The van der Waals surface area contributed by atoms with E-state index in [-0.39, 0.29) is 11.1 Å². The summed E-state index contributed by atoms with van der Waals surface area (Å²) in [7, 11) is 0. The van der Waals surface area contributed by atoms with Crippen molar-refractivity contribution in [3.05, 3.63) is 11.3 Å². The Bertz CT molecular complexity index is 502. The lowest BCUT2D eigenvalue weighted by molar-refractivity contribution is -0.147. The van der Waals surface area contributed by atoms with Crippen LogP contribution in [0.25, 0.3) is 0 Å². The first-order valence-electron chi connectivity index (χ1n) is 5.25. The Morgan fingerprint density at radius 2 is 2.37 bits per heavy atom. The number of β-lactam (4-membered cyclic amide) rings is 1. The zero-order valence-corrected chi connectivity index (χ0v) is 10.5. The highest BCUT2D eigenvalue weighted by Gasteiger charge is 2.51. The Morgan fingerprint density at radius 1 is 1.63 bits per heavy atom. The molecule has 6 N–H and O–H groups in total. The summed E-state index contributed by atoms with van der Waals surface area (Å²) in [6.07, 6.45) is 2.46. The molecular formula is C9H12N6O3S. The van der Waals surface area contributed by atoms with E-state index >= 15 is 0 Å². The summed E-state index contributed by atoms with van der Waals surface area (Å²) in [5, 5.41) is 15.8. The van der Waals surface area contributed by atoms with Crippen LogP contribution in [0.15, 0.2) is 21.5 Å². The third kappa shape index (κ3) is 2.27. The lowest BCUT2D eigenvalue weighted by Gasteiger charge is -2.47. The van der Waals surface area contributed by atoms with Crippen LogP contribution in [0.1, 0.15) is 0 Å². The van der Waals surface area contributed by atoms with Crippen molar-refractivity contribution in [3.63, 3.8) is 0 Å². The molecule has 1 unspecified atom stereocenters. The number of amides is 1. The Labute approximate surface area is 112 Å². The average molecular weight is 284 g/mol. The molecule has 2 aliphatic heterocycles. The van der Waals surface area contributed by atoms with Gasteiger partial charge in [-0.25, -0.2) is 4.79 Å². The van der Waals surface area contributed by atoms with Crippen molar-refractivity contribution in [3.8, 4) is 0 Å². The van der Waals surface area contributed by atoms with Gasteiger partial charge in [0.15, 0.2) is 0 Å². The maximum absolute atomic E-state index is 11.6. The first kappa shape index (κ1) is 13.4. The SMILES string of the molecule is NN=CNN=CC1=C(C(=O)O)N2C(=O)C(N)[C@H]2SC1. The summed E-state index contributed by atoms with van der Waals surface area (Å²) in [5.74, 6) is 3.70. The molecule has 0 aromatic carbocycles. The molecule has 2 heterocycles. The second-order valence-electron chi connectivity index (χ2n) is 3.78. The van der Waals surface area contributed by atoms with Gasteiger partial charge in [0.25, 0.3) is 0 Å². The van der Waals surface area contributed by atoms with E-state index in [1.54, 1.807) is 0 Å². The average Bonchev–Trinajstić information content (AvgIpc) is 2.41. The maximum Gasteiger partial charge on any atom is 0.353 e. The highest BCUT2D eigenvalue weighted by molar-refractivity contribution is 8.00. The van der Waals surface area contributed by atoms with E-state index in [0.29, 0.717) is 11.3 Å². The molecular weight excluding hydrogens is 272 g/mol. The molecule has 10 heteroatoms. The third-order valence-corrected chi connectivity index (χ3v) is 3.99. The van der Waals surface area contributed by atoms with E-state index in [9.17, 15) is 14.7 Å². The Kier molecular flexibility index (Phi) is 3.71. The molecule has 0 aliphatic carbocycles. The quantitative estimate of drug-likeness (QED) is 0.154. The molecule has 1 fully saturated rings. The van der Waals surface area contributed by atoms with Crippen LogP contribution in [0.3, 0.4) is 0 Å². The van der Waals surface area contributed by atoms with Crippen molar-refractivity contribution in [2.24, 2.45) is 21.8 Å². The largest absolute Gasteiger partial charge is 0.477 e. The van der Waals surface area contributed by atoms with Gasteiger partial charge in [0.05, 0.1) is 6.21 Å². The highest BCUT2D eigenvalue weighted by atomic mass is 32.2. The van der Waals surface area contributed by atoms with Crippen LogP contribution in [0.2, 0.25) is 0 Å². The van der Waals surface area contributed by atoms with Crippen LogP contribution in [0, 0.1) is 0 Å². The predicted molar refractivity (Wildman–Crippen MR) is 70.0 cm³/mol. The number of nitrogens with one attached hydrogen (secondary N) is 1. The molecule has 0 radical (unpaired) electrons. The number of hydrogen-bond donors (Lipinski definition) is 4. The number of nitrogens with zero attached hydrogens (tertiary/aromatic N) is 3. The predicted octanol–water partition coefficient (Wildman–Crippen LogP) is -1.96. The smallest absolute Gasteiger partial charge is 0.353 e. The third-order valence-electron chi connectivity index (χ3n) is 2.67. The zero-order valence-electron chi connectivity index (χ0n) is 9.68. The van der Waals surface area contributed by atoms with Gasteiger partial charge in [0, 0.05) is 11.3 Å². The van der Waals surface area contributed by atoms with Crippen LogP contribution in [0.4, 0.5) is 0 Å². The fourth-order valence-electron chi connectivity index (χ4n) is 1.82. The molecule has 1 amide bonds. The number of carboxylic acids is 1. The summed E-state index contributed by atoms with van der Waals surface area (Å²) < 4.78 is 0. The second kappa shape index (κ2) is 5.28. The summed E-state index contributed by atoms with van der Waals surface area (Å²) in [6, 6.07) is -0.639. The monoisotopic (exact) mass is 284 g/mol. The van der Waals surface area contributed by atoms with Crippen LogP contribution < -0.4 is 17.0 Å². The van der Waals surface area contributed by atoms with Gasteiger partial charge in [0.1, 0.15) is 23.5 Å². The molecule has 2 rings (SSSR count). The van der Waals surface area contributed by atoms with Gasteiger partial charge < -0.3 is 16.7 Å². The fourth-order valence-corrected chi connectivity index (χ4v) is 3.06. The van der Waals surface area contributed by atoms with E-state index in [2.05, 4.69) is 15.6 Å². The van der Waals surface area contributed by atoms with Gasteiger partial charge in [-0.15, -0.1) is 11.8 Å². The molecule has 9 nitrogen and oxygen atoms in total. The molecule has 2 aliphatic rings. The lowest BCUT2D eigenvalue weighted by Crippen LogP contribution is -2.68. The molecule has 0 spiro atoms. The number of rotatable bonds is 4. The zero-order chi connectivity index (χ0) is 14.0. The number of nitrogens with two attached hydrogens (primary N) is 2. The number of hydrazone groups is 2. The van der Waals surface area contributed by atoms with Gasteiger partial charge >= 0.3 is 5.97 Å². The van der Waals surface area contributed by atoms with Crippen LogP contribution in [0.5, 0.6) is 0 Å². The molecule has 102 valence electrons. The minimum atomic E-state index is -1.18. The molecule has 19 heavy (non-hydrogen) atoms. The van der Waals surface area contributed by atoms with Gasteiger partial charge in [-0.2, -0.15) is 10.2 Å². The standard InChI is InChI=1S/C9H12N6O3S/c10-5-7(16)15-6(9(17)18)4(2-19-8(5)15)1-13-14-3-12-11/h1,3,5,8H,2,10-11H2,(H,12,14)(H,17,18)/t5?,8-/m1/s1. The summed E-state index contributed by atoms with van der Waals surface area (Å²) in [6.45, 7) is 0. The first-order valence-corrected chi connectivity index (χ1v) is 6.29. The van der Waals surface area contributed by atoms with Crippen molar-refractivity contribution in [2.45, 2.75) is 11.4 Å². The summed E-state index contributed by atoms with van der Waals surface area (Å²) >= 11 is 1.40. The van der Waals surface area contributed by atoms with Gasteiger partial charge in [-0.1, -0.05) is 0 Å². The van der Waals surface area contributed by atoms with Gasteiger partial charge in [-0.3, -0.25) is 15.1 Å². The van der Waals surface area contributed by atoms with E-state index in [4.69, 9.17) is 11.6 Å². The van der Waals surface area contributed by atoms with Crippen LogP contribution >= 0.6 is 11.8 Å². The minimum absolute atomic E-state index is 0.0781. The second-order valence-corrected chi connectivity index (χ2v) is 4.89. The van der Waals surface area contributed by atoms with Gasteiger partial charge in [0.2, 0.25) is 5.91 Å². The number of fused-ring (bicyclic) bond motifs is 1. The van der Waals surface area contributed by atoms with Crippen molar-refractivity contribution in [2.75, 3.05) is 5.75 Å². The minimum Gasteiger partial charge on any atom is -0.477 e. The number of thioether (sulfide) groups is 1. The van der Waals surface area contributed by atoms with E-state index < -0.39 is 17.9 Å². The molecule has 0 aromatic heterocycles. The molecule has 2 atom stereocenters. The van der Waals surface area contributed by atoms with Crippen molar-refractivity contribution < 1.29 is 14.7 Å². The number of hydrogen-bond acceptors (Lipinski definition) is 7. The number of carbonyl (C=O) groups excluding carboxylic acids is 1. The highest BCUT2D eigenvalue weighted by Crippen LogP contribution is 2.38. The van der Waals surface area contributed by atoms with Crippen molar-refractivity contribution in [1.29, 1.82) is 0 Å². The fraction of sp³-hybridized carbons (Fsp3) is 0.333. The first-order chi connectivity index (χ1) is 9.07. The normalized spacial score (nSPS) is 26.8. The maximum atomic E-state index is 11.6. The Balaban J connectivity index is 2.25.